The average molecular weight is 401 g/mol. The summed E-state index contributed by atoms with van der Waals surface area (Å²) in [6.07, 6.45) is 1.69. The van der Waals surface area contributed by atoms with Gasteiger partial charge in [-0.15, -0.1) is 11.3 Å². The first-order chi connectivity index (χ1) is 13.5. The Morgan fingerprint density at radius 2 is 2.00 bits per heavy atom. The Morgan fingerprint density at radius 1 is 1.25 bits per heavy atom. The molecule has 0 saturated carbocycles. The third-order valence-electron chi connectivity index (χ3n) is 5.11. The molecule has 2 amide bonds. The van der Waals surface area contributed by atoms with E-state index >= 15 is 0 Å². The number of thiophene rings is 1. The van der Waals surface area contributed by atoms with Gasteiger partial charge in [-0.2, -0.15) is 0 Å². The molecular weight excluding hydrogens is 372 g/mol. The lowest BCUT2D eigenvalue weighted by Gasteiger charge is -2.37. The van der Waals surface area contributed by atoms with Crippen molar-refractivity contribution >= 4 is 23.2 Å². The molecule has 6 heteroatoms. The molecule has 28 heavy (non-hydrogen) atoms. The summed E-state index contributed by atoms with van der Waals surface area (Å²) >= 11 is 1.74. The van der Waals surface area contributed by atoms with Gasteiger partial charge in [-0.05, 0) is 48.9 Å². The topological polar surface area (TPSA) is 49.9 Å². The Hall–Kier alpha value is -2.34. The summed E-state index contributed by atoms with van der Waals surface area (Å²) in [6.45, 7) is 7.37. The van der Waals surface area contributed by atoms with Crippen molar-refractivity contribution in [3.8, 4) is 5.75 Å². The second kappa shape index (κ2) is 9.24. The lowest BCUT2D eigenvalue weighted by molar-refractivity contribution is -0.141. The van der Waals surface area contributed by atoms with Crippen LogP contribution in [-0.2, 0) is 16.0 Å². The maximum absolute atomic E-state index is 13.1. The highest BCUT2D eigenvalue weighted by Crippen LogP contribution is 2.34. The minimum atomic E-state index is -0.126. The smallest absolute Gasteiger partial charge is 0.242 e. The summed E-state index contributed by atoms with van der Waals surface area (Å²) in [5.41, 5.74) is 2.35. The Bertz CT molecular complexity index is 815. The summed E-state index contributed by atoms with van der Waals surface area (Å²) in [5, 5.41) is 2.08. The van der Waals surface area contributed by atoms with E-state index in [4.69, 9.17) is 4.74 Å². The number of carbonyl (C=O) groups is 2. The number of nitrogens with zero attached hydrogens (tertiary/aromatic N) is 2. The van der Waals surface area contributed by atoms with E-state index in [-0.39, 0.29) is 24.4 Å². The van der Waals surface area contributed by atoms with Gasteiger partial charge in [0.25, 0.3) is 0 Å². The molecule has 1 aliphatic heterocycles. The molecule has 1 aromatic heterocycles. The van der Waals surface area contributed by atoms with Crippen LogP contribution in [0.25, 0.3) is 0 Å². The van der Waals surface area contributed by atoms with Crippen LogP contribution in [0, 0.1) is 6.92 Å². The minimum absolute atomic E-state index is 0.0157. The Labute approximate surface area is 170 Å². The molecule has 0 spiro atoms. The molecule has 3 rings (SSSR count). The molecule has 1 atom stereocenters. The fourth-order valence-electron chi connectivity index (χ4n) is 3.56. The molecular formula is C22H28N2O3S. The van der Waals surface area contributed by atoms with Crippen LogP contribution in [0.3, 0.4) is 0 Å². The third-order valence-corrected chi connectivity index (χ3v) is 6.11. The van der Waals surface area contributed by atoms with Crippen LogP contribution >= 0.6 is 11.3 Å². The van der Waals surface area contributed by atoms with Crippen LogP contribution in [0.5, 0.6) is 5.75 Å². The number of ether oxygens (including phenoxy) is 1. The standard InChI is InChI=1S/C22H28N2O3S/c1-4-11-23(17(3)25)14-22(26)24-12-9-21-19(10-13-28-21)20(24)15-27-18-7-5-16(2)6-8-18/h5-8,10,13,20H,4,9,11-12,14-15H2,1-3H3. The molecule has 0 radical (unpaired) electrons. The molecule has 1 aromatic carbocycles. The second-order valence-electron chi connectivity index (χ2n) is 7.22. The molecule has 5 nitrogen and oxygen atoms in total. The van der Waals surface area contributed by atoms with E-state index in [2.05, 4.69) is 11.4 Å². The number of hydrogen-bond donors (Lipinski definition) is 0. The van der Waals surface area contributed by atoms with E-state index in [1.165, 1.54) is 22.9 Å². The zero-order chi connectivity index (χ0) is 20.1. The zero-order valence-electron chi connectivity index (χ0n) is 16.8. The predicted molar refractivity (Wildman–Crippen MR) is 112 cm³/mol. The van der Waals surface area contributed by atoms with E-state index < -0.39 is 0 Å². The van der Waals surface area contributed by atoms with Crippen molar-refractivity contribution in [1.82, 2.24) is 9.80 Å². The number of carbonyl (C=O) groups excluding carboxylic acids is 2. The van der Waals surface area contributed by atoms with Crippen LogP contribution in [-0.4, -0.2) is 47.9 Å². The Kier molecular flexibility index (Phi) is 6.73. The van der Waals surface area contributed by atoms with Crippen molar-refractivity contribution in [3.63, 3.8) is 0 Å². The zero-order valence-corrected chi connectivity index (χ0v) is 17.6. The van der Waals surface area contributed by atoms with Gasteiger partial charge in [0.05, 0.1) is 12.6 Å². The van der Waals surface area contributed by atoms with Gasteiger partial charge in [0.15, 0.2) is 0 Å². The Morgan fingerprint density at radius 3 is 2.68 bits per heavy atom. The predicted octanol–water partition coefficient (Wildman–Crippen LogP) is 3.82. The number of hydrogen-bond acceptors (Lipinski definition) is 4. The van der Waals surface area contributed by atoms with E-state index in [0.717, 1.165) is 18.6 Å². The number of fused-ring (bicyclic) bond motifs is 1. The minimum Gasteiger partial charge on any atom is -0.491 e. The summed E-state index contributed by atoms with van der Waals surface area (Å²) in [4.78, 5) is 29.8. The fraction of sp³-hybridized carbons (Fsp3) is 0.455. The summed E-state index contributed by atoms with van der Waals surface area (Å²) in [7, 11) is 0. The first-order valence-electron chi connectivity index (χ1n) is 9.80. The molecule has 2 heterocycles. The summed E-state index contributed by atoms with van der Waals surface area (Å²) in [6, 6.07) is 9.92. The van der Waals surface area contributed by atoms with Crippen LogP contribution in [0.2, 0.25) is 0 Å². The maximum Gasteiger partial charge on any atom is 0.242 e. The van der Waals surface area contributed by atoms with Crippen molar-refractivity contribution in [1.29, 1.82) is 0 Å². The normalized spacial score (nSPS) is 15.8. The first-order valence-corrected chi connectivity index (χ1v) is 10.7. The van der Waals surface area contributed by atoms with Gasteiger partial charge in [-0.3, -0.25) is 9.59 Å². The van der Waals surface area contributed by atoms with Crippen molar-refractivity contribution in [3.05, 3.63) is 51.7 Å². The van der Waals surface area contributed by atoms with E-state index in [9.17, 15) is 9.59 Å². The Balaban J connectivity index is 1.75. The highest BCUT2D eigenvalue weighted by molar-refractivity contribution is 7.10. The fourth-order valence-corrected chi connectivity index (χ4v) is 4.48. The molecule has 1 unspecified atom stereocenters. The number of rotatable bonds is 7. The van der Waals surface area contributed by atoms with Gasteiger partial charge < -0.3 is 14.5 Å². The van der Waals surface area contributed by atoms with Gasteiger partial charge in [-0.25, -0.2) is 0 Å². The molecule has 0 aliphatic carbocycles. The monoisotopic (exact) mass is 400 g/mol. The van der Waals surface area contributed by atoms with E-state index in [0.29, 0.717) is 19.7 Å². The summed E-state index contributed by atoms with van der Waals surface area (Å²) < 4.78 is 6.04. The molecule has 150 valence electrons. The average Bonchev–Trinajstić information content (AvgIpc) is 3.15. The number of aryl methyl sites for hydroxylation is 1. The number of benzene rings is 1. The maximum atomic E-state index is 13.1. The largest absolute Gasteiger partial charge is 0.491 e. The van der Waals surface area contributed by atoms with Gasteiger partial charge in [0, 0.05) is 24.9 Å². The molecule has 0 saturated heterocycles. The van der Waals surface area contributed by atoms with Crippen LogP contribution in [0.1, 0.15) is 42.3 Å². The van der Waals surface area contributed by atoms with E-state index in [1.807, 2.05) is 43.0 Å². The lowest BCUT2D eigenvalue weighted by atomic mass is 10.0. The highest BCUT2D eigenvalue weighted by atomic mass is 32.1. The molecule has 0 bridgehead atoms. The highest BCUT2D eigenvalue weighted by Gasteiger charge is 2.33. The van der Waals surface area contributed by atoms with Crippen molar-refractivity contribution in [2.75, 3.05) is 26.2 Å². The van der Waals surface area contributed by atoms with Crippen molar-refractivity contribution in [2.45, 2.75) is 39.7 Å². The number of amides is 2. The van der Waals surface area contributed by atoms with Gasteiger partial charge in [-0.1, -0.05) is 24.6 Å². The molecule has 0 fully saturated rings. The third kappa shape index (κ3) is 4.73. The SMILES string of the molecule is CCCN(CC(=O)N1CCc2sccc2C1COc1ccc(C)cc1)C(C)=O. The van der Waals surface area contributed by atoms with Gasteiger partial charge >= 0.3 is 0 Å². The molecule has 2 aromatic rings. The lowest BCUT2D eigenvalue weighted by Crippen LogP contribution is -2.47. The molecule has 1 aliphatic rings. The first kappa shape index (κ1) is 20.4. The van der Waals surface area contributed by atoms with Crippen LogP contribution < -0.4 is 4.74 Å². The van der Waals surface area contributed by atoms with Crippen LogP contribution in [0.15, 0.2) is 35.7 Å². The van der Waals surface area contributed by atoms with Crippen molar-refractivity contribution < 1.29 is 14.3 Å². The quantitative estimate of drug-likeness (QED) is 0.710. The second-order valence-corrected chi connectivity index (χ2v) is 8.22. The molecule has 0 N–H and O–H groups in total. The van der Waals surface area contributed by atoms with E-state index in [1.54, 1.807) is 16.2 Å². The van der Waals surface area contributed by atoms with Crippen LogP contribution in [0.4, 0.5) is 0 Å². The summed E-state index contributed by atoms with van der Waals surface area (Å²) in [5.74, 6) is 0.727. The van der Waals surface area contributed by atoms with Crippen molar-refractivity contribution in [2.24, 2.45) is 0 Å². The van der Waals surface area contributed by atoms with Gasteiger partial charge in [0.1, 0.15) is 12.4 Å². The van der Waals surface area contributed by atoms with Gasteiger partial charge in [0.2, 0.25) is 11.8 Å².